The molecule has 2 N–H and O–H groups in total. The predicted octanol–water partition coefficient (Wildman–Crippen LogP) is 1.02. The van der Waals surface area contributed by atoms with Crippen molar-refractivity contribution in [3.05, 3.63) is 29.3 Å². The molecule has 16 heavy (non-hydrogen) atoms. The van der Waals surface area contributed by atoms with Gasteiger partial charge in [0.1, 0.15) is 12.3 Å². The predicted molar refractivity (Wildman–Crippen MR) is 63.9 cm³/mol. The van der Waals surface area contributed by atoms with E-state index in [1.165, 1.54) is 4.90 Å². The van der Waals surface area contributed by atoms with Crippen molar-refractivity contribution in [2.24, 2.45) is 0 Å². The van der Waals surface area contributed by atoms with Gasteiger partial charge >= 0.3 is 0 Å². The number of benzene rings is 1. The molecule has 0 aliphatic carbocycles. The number of aromatic hydroxyl groups is 1. The summed E-state index contributed by atoms with van der Waals surface area (Å²) in [6.07, 6.45) is 0. The lowest BCUT2D eigenvalue weighted by Gasteiger charge is -2.16. The van der Waals surface area contributed by atoms with Crippen molar-refractivity contribution < 1.29 is 14.8 Å². The van der Waals surface area contributed by atoms with Gasteiger partial charge in [0.05, 0.1) is 13.1 Å². The van der Waals surface area contributed by atoms with Crippen LogP contribution in [-0.2, 0) is 6.54 Å². The van der Waals surface area contributed by atoms with Crippen LogP contribution in [0, 0.1) is 0 Å². The van der Waals surface area contributed by atoms with Crippen molar-refractivity contribution in [3.8, 4) is 5.75 Å². The molecule has 0 saturated carbocycles. The molecule has 0 heterocycles. The van der Waals surface area contributed by atoms with Crippen LogP contribution in [0.15, 0.2) is 18.2 Å². The van der Waals surface area contributed by atoms with E-state index in [0.717, 1.165) is 25.2 Å². The molecule has 0 amide bonds. The van der Waals surface area contributed by atoms with Crippen LogP contribution in [0.25, 0.3) is 0 Å². The van der Waals surface area contributed by atoms with Gasteiger partial charge in [0.25, 0.3) is 0 Å². The van der Waals surface area contributed by atoms with Crippen LogP contribution in [0.3, 0.4) is 0 Å². The maximum Gasteiger partial charge on any atom is 0.159 e. The lowest BCUT2D eigenvalue weighted by Crippen LogP contribution is -3.10. The van der Waals surface area contributed by atoms with Crippen molar-refractivity contribution in [1.29, 1.82) is 0 Å². The smallest absolute Gasteiger partial charge is 0.159 e. The van der Waals surface area contributed by atoms with Crippen LogP contribution in [0.1, 0.15) is 36.7 Å². The van der Waals surface area contributed by atoms with E-state index in [1.54, 1.807) is 25.1 Å². The van der Waals surface area contributed by atoms with E-state index >= 15 is 0 Å². The molecular formula is C13H20NO2+. The number of phenolic OH excluding ortho intramolecular Hbond substituents is 1. The van der Waals surface area contributed by atoms with Gasteiger partial charge in [0.2, 0.25) is 0 Å². The van der Waals surface area contributed by atoms with Gasteiger partial charge in [-0.15, -0.1) is 0 Å². The minimum atomic E-state index is 0.0378. The second kappa shape index (κ2) is 5.66. The first-order valence-electron chi connectivity index (χ1n) is 5.74. The summed E-state index contributed by atoms with van der Waals surface area (Å²) in [5.74, 6) is 0.320. The lowest BCUT2D eigenvalue weighted by atomic mass is 10.1. The van der Waals surface area contributed by atoms with Crippen molar-refractivity contribution in [2.45, 2.75) is 27.3 Å². The van der Waals surface area contributed by atoms with Crippen LogP contribution < -0.4 is 4.90 Å². The maximum atomic E-state index is 11.2. The molecule has 0 aromatic heterocycles. The zero-order chi connectivity index (χ0) is 12.1. The summed E-state index contributed by atoms with van der Waals surface area (Å²) in [6, 6.07) is 5.07. The van der Waals surface area contributed by atoms with Crippen molar-refractivity contribution in [3.63, 3.8) is 0 Å². The summed E-state index contributed by atoms with van der Waals surface area (Å²) in [5, 5.41) is 9.73. The molecule has 3 heteroatoms. The average Bonchev–Trinajstić information content (AvgIpc) is 2.27. The number of phenols is 1. The third-order valence-corrected chi connectivity index (χ3v) is 2.93. The molecule has 0 fully saturated rings. The van der Waals surface area contributed by atoms with Gasteiger partial charge in [-0.2, -0.15) is 0 Å². The van der Waals surface area contributed by atoms with E-state index in [9.17, 15) is 9.90 Å². The molecule has 88 valence electrons. The molecule has 1 rings (SSSR count). The second-order valence-electron chi connectivity index (χ2n) is 4.03. The van der Waals surface area contributed by atoms with Crippen LogP contribution in [-0.4, -0.2) is 24.0 Å². The lowest BCUT2D eigenvalue weighted by molar-refractivity contribution is -0.910. The Morgan fingerprint density at radius 2 is 1.94 bits per heavy atom. The summed E-state index contributed by atoms with van der Waals surface area (Å²) in [6.45, 7) is 8.57. The van der Waals surface area contributed by atoms with E-state index in [2.05, 4.69) is 13.8 Å². The van der Waals surface area contributed by atoms with Crippen LogP contribution in [0.2, 0.25) is 0 Å². The van der Waals surface area contributed by atoms with E-state index in [1.807, 2.05) is 0 Å². The highest BCUT2D eigenvalue weighted by molar-refractivity contribution is 5.94. The minimum Gasteiger partial charge on any atom is -0.507 e. The molecular weight excluding hydrogens is 202 g/mol. The molecule has 0 radical (unpaired) electrons. The standard InChI is InChI=1S/C13H19NO2/c1-4-14(5-2)9-12-8-11(10(3)15)6-7-13(12)16/h6-8,16H,4-5,9H2,1-3H3/p+1. The molecule has 0 atom stereocenters. The maximum absolute atomic E-state index is 11.2. The van der Waals surface area contributed by atoms with E-state index in [4.69, 9.17) is 0 Å². The topological polar surface area (TPSA) is 41.7 Å². The van der Waals surface area contributed by atoms with E-state index < -0.39 is 0 Å². The number of rotatable bonds is 5. The summed E-state index contributed by atoms with van der Waals surface area (Å²) in [7, 11) is 0. The van der Waals surface area contributed by atoms with Crippen LogP contribution in [0.5, 0.6) is 5.75 Å². The van der Waals surface area contributed by atoms with Gasteiger partial charge in [-0.3, -0.25) is 4.79 Å². The van der Waals surface area contributed by atoms with E-state index in [0.29, 0.717) is 5.56 Å². The summed E-state index contributed by atoms with van der Waals surface area (Å²) in [4.78, 5) is 12.6. The molecule has 0 aliphatic heterocycles. The van der Waals surface area contributed by atoms with Crippen molar-refractivity contribution >= 4 is 5.78 Å². The largest absolute Gasteiger partial charge is 0.507 e. The van der Waals surface area contributed by atoms with Gasteiger partial charge < -0.3 is 10.0 Å². The quantitative estimate of drug-likeness (QED) is 0.730. The zero-order valence-corrected chi connectivity index (χ0v) is 10.2. The summed E-state index contributed by atoms with van der Waals surface area (Å²) < 4.78 is 0. The number of carbonyl (C=O) groups excluding carboxylic acids is 1. The highest BCUT2D eigenvalue weighted by Gasteiger charge is 2.11. The highest BCUT2D eigenvalue weighted by Crippen LogP contribution is 2.17. The van der Waals surface area contributed by atoms with E-state index in [-0.39, 0.29) is 11.5 Å². The first-order chi connectivity index (χ1) is 7.58. The van der Waals surface area contributed by atoms with Crippen LogP contribution >= 0.6 is 0 Å². The first kappa shape index (κ1) is 12.7. The summed E-state index contributed by atoms with van der Waals surface area (Å²) in [5.41, 5.74) is 1.52. The Morgan fingerprint density at radius 1 is 1.31 bits per heavy atom. The number of nitrogens with one attached hydrogen (secondary N) is 1. The normalized spacial score (nSPS) is 10.8. The Bertz CT molecular complexity index is 370. The van der Waals surface area contributed by atoms with Gasteiger partial charge in [-0.25, -0.2) is 0 Å². The van der Waals surface area contributed by atoms with Gasteiger partial charge in [0, 0.05) is 11.1 Å². The fourth-order valence-electron chi connectivity index (χ4n) is 1.72. The molecule has 1 aromatic carbocycles. The van der Waals surface area contributed by atoms with Crippen molar-refractivity contribution in [2.75, 3.05) is 13.1 Å². The van der Waals surface area contributed by atoms with Crippen molar-refractivity contribution in [1.82, 2.24) is 0 Å². The van der Waals surface area contributed by atoms with Gasteiger partial charge in [-0.05, 0) is 39.0 Å². The Hall–Kier alpha value is -1.35. The molecule has 0 bridgehead atoms. The average molecular weight is 222 g/mol. The Morgan fingerprint density at radius 3 is 2.44 bits per heavy atom. The zero-order valence-electron chi connectivity index (χ0n) is 10.2. The molecule has 0 aliphatic rings. The Kier molecular flexibility index (Phi) is 4.50. The third kappa shape index (κ3) is 3.07. The number of quaternary nitrogens is 1. The number of ketones is 1. The SMILES string of the molecule is CC[NH+](CC)Cc1cc(C(C)=O)ccc1O. The molecule has 1 aromatic rings. The molecule has 0 saturated heterocycles. The number of hydrogen-bond donors (Lipinski definition) is 2. The van der Waals surface area contributed by atoms with Gasteiger partial charge in [-0.1, -0.05) is 0 Å². The summed E-state index contributed by atoms with van der Waals surface area (Å²) >= 11 is 0. The minimum absolute atomic E-state index is 0.0378. The molecule has 3 nitrogen and oxygen atoms in total. The van der Waals surface area contributed by atoms with Gasteiger partial charge in [0.15, 0.2) is 5.78 Å². The number of hydrogen-bond acceptors (Lipinski definition) is 2. The molecule has 0 unspecified atom stereocenters. The molecule has 0 spiro atoms. The monoisotopic (exact) mass is 222 g/mol. The first-order valence-corrected chi connectivity index (χ1v) is 5.74. The Balaban J connectivity index is 2.93. The Labute approximate surface area is 96.7 Å². The second-order valence-corrected chi connectivity index (χ2v) is 4.03. The fourth-order valence-corrected chi connectivity index (χ4v) is 1.72. The highest BCUT2D eigenvalue weighted by atomic mass is 16.3. The fraction of sp³-hybridized carbons (Fsp3) is 0.462. The number of Topliss-reactive ketones (excluding diaryl/α,β-unsaturated/α-hetero) is 1. The third-order valence-electron chi connectivity index (χ3n) is 2.93. The number of carbonyl (C=O) groups is 1. The van der Waals surface area contributed by atoms with Crippen LogP contribution in [0.4, 0.5) is 0 Å².